The van der Waals surface area contributed by atoms with Crippen LogP contribution in [0.4, 0.5) is 0 Å². The molecule has 0 saturated heterocycles. The van der Waals surface area contributed by atoms with Crippen LogP contribution >= 0.6 is 0 Å². The number of hydrogen-bond acceptors (Lipinski definition) is 8. The Morgan fingerprint density at radius 1 is 0.806 bits per heavy atom. The number of hydrogen-bond donors (Lipinski definition) is 1. The summed E-state index contributed by atoms with van der Waals surface area (Å²) in [6.45, 7) is 2.86. The van der Waals surface area contributed by atoms with Crippen molar-refractivity contribution in [2.45, 2.75) is 6.04 Å². The number of fused-ring (bicyclic) bond motifs is 1. The number of benzene rings is 2. The molecule has 0 bridgehead atoms. The number of aromatic nitrogens is 2. The second-order valence-corrected chi connectivity index (χ2v) is 6.73. The highest BCUT2D eigenvalue weighted by Gasteiger charge is 2.17. The summed E-state index contributed by atoms with van der Waals surface area (Å²) in [6, 6.07) is 15.2. The van der Waals surface area contributed by atoms with Crippen molar-refractivity contribution in [3.05, 3.63) is 59.8 Å². The summed E-state index contributed by atoms with van der Waals surface area (Å²) in [5.41, 5.74) is 8.96. The van der Waals surface area contributed by atoms with Gasteiger partial charge in [0.2, 0.25) is 0 Å². The quantitative estimate of drug-likeness (QED) is 0.416. The molecule has 0 aliphatic carbocycles. The predicted octanol–water partition coefficient (Wildman–Crippen LogP) is 2.74. The first-order valence-electron chi connectivity index (χ1n) is 10.2. The molecule has 3 aromatic rings. The van der Waals surface area contributed by atoms with Gasteiger partial charge in [-0.2, -0.15) is 9.97 Å². The Kier molecular flexibility index (Phi) is 8.99. The molecule has 1 atom stereocenters. The lowest BCUT2D eigenvalue weighted by Gasteiger charge is -2.16. The van der Waals surface area contributed by atoms with Crippen LogP contribution in [-0.4, -0.2) is 63.8 Å². The first-order chi connectivity index (χ1) is 15.2. The molecule has 2 aromatic carbocycles. The van der Waals surface area contributed by atoms with Gasteiger partial charge in [0.25, 0.3) is 0 Å². The number of rotatable bonds is 13. The average molecular weight is 428 g/mol. The first-order valence-corrected chi connectivity index (χ1v) is 10.2. The smallest absolute Gasteiger partial charge is 0.317 e. The van der Waals surface area contributed by atoms with Crippen LogP contribution < -0.4 is 15.2 Å². The summed E-state index contributed by atoms with van der Waals surface area (Å²) in [4.78, 5) is 9.11. The summed E-state index contributed by atoms with van der Waals surface area (Å²) in [6.07, 6.45) is 0. The van der Waals surface area contributed by atoms with E-state index < -0.39 is 6.04 Å². The van der Waals surface area contributed by atoms with Crippen LogP contribution in [0, 0.1) is 0 Å². The molecule has 1 aromatic heterocycles. The Balaban J connectivity index is 1.63. The zero-order chi connectivity index (χ0) is 21.9. The van der Waals surface area contributed by atoms with Crippen molar-refractivity contribution in [2.24, 2.45) is 5.73 Å². The van der Waals surface area contributed by atoms with Crippen LogP contribution in [0.5, 0.6) is 11.8 Å². The van der Waals surface area contributed by atoms with Crippen molar-refractivity contribution in [3.8, 4) is 11.8 Å². The number of nitrogens with zero attached hydrogens (tertiary/aromatic N) is 2. The molecule has 0 aliphatic rings. The number of ether oxygens (including phenoxy) is 5. The van der Waals surface area contributed by atoms with E-state index in [1.807, 2.05) is 48.5 Å². The van der Waals surface area contributed by atoms with Crippen LogP contribution in [0.25, 0.3) is 10.9 Å². The van der Waals surface area contributed by atoms with Crippen LogP contribution in [-0.2, 0) is 14.2 Å². The van der Waals surface area contributed by atoms with E-state index in [4.69, 9.17) is 29.4 Å². The Labute approximate surface area is 182 Å². The van der Waals surface area contributed by atoms with E-state index in [0.717, 1.165) is 22.2 Å². The topological polar surface area (TPSA) is 98.0 Å². The Morgan fingerprint density at radius 2 is 1.48 bits per heavy atom. The summed E-state index contributed by atoms with van der Waals surface area (Å²) in [5.74, 6) is 0.775. The second-order valence-electron chi connectivity index (χ2n) is 6.73. The minimum atomic E-state index is -0.429. The molecule has 1 heterocycles. The summed E-state index contributed by atoms with van der Waals surface area (Å²) < 4.78 is 26.7. The van der Waals surface area contributed by atoms with E-state index in [2.05, 4.69) is 9.97 Å². The van der Waals surface area contributed by atoms with Crippen molar-refractivity contribution in [1.82, 2.24) is 9.97 Å². The summed E-state index contributed by atoms with van der Waals surface area (Å²) in [7, 11) is 3.27. The second kappa shape index (κ2) is 12.2. The largest absolute Gasteiger partial charge is 0.497 e. The van der Waals surface area contributed by atoms with E-state index in [1.54, 1.807) is 14.2 Å². The van der Waals surface area contributed by atoms with E-state index >= 15 is 0 Å². The minimum Gasteiger partial charge on any atom is -0.497 e. The third-order valence-corrected chi connectivity index (χ3v) is 4.64. The van der Waals surface area contributed by atoms with E-state index in [0.29, 0.717) is 45.3 Å². The van der Waals surface area contributed by atoms with Gasteiger partial charge in [-0.1, -0.05) is 30.3 Å². The molecule has 0 aliphatic heterocycles. The third kappa shape index (κ3) is 6.60. The number of para-hydroxylation sites is 1. The fourth-order valence-electron chi connectivity index (χ4n) is 3.01. The maximum atomic E-state index is 6.55. The molecule has 1 unspecified atom stereocenters. The van der Waals surface area contributed by atoms with Crippen LogP contribution in [0.1, 0.15) is 17.3 Å². The van der Waals surface area contributed by atoms with Crippen molar-refractivity contribution in [1.29, 1.82) is 0 Å². The van der Waals surface area contributed by atoms with Gasteiger partial charge in [0.1, 0.15) is 12.4 Å². The van der Waals surface area contributed by atoms with Gasteiger partial charge in [0, 0.05) is 12.5 Å². The SMILES string of the molecule is COCCOCCOCCOc1nc(C(N)c2ccc(OC)cc2)c2ccccc2n1. The molecule has 2 N–H and O–H groups in total. The highest BCUT2D eigenvalue weighted by molar-refractivity contribution is 5.82. The number of methoxy groups -OCH3 is 2. The van der Waals surface area contributed by atoms with E-state index in [1.165, 1.54) is 0 Å². The molecule has 0 saturated carbocycles. The molecule has 8 nitrogen and oxygen atoms in total. The lowest BCUT2D eigenvalue weighted by atomic mass is 10.0. The third-order valence-electron chi connectivity index (χ3n) is 4.64. The fourth-order valence-corrected chi connectivity index (χ4v) is 3.01. The Hall–Kier alpha value is -2.78. The lowest BCUT2D eigenvalue weighted by molar-refractivity contribution is 0.0173. The van der Waals surface area contributed by atoms with Crippen LogP contribution in [0.2, 0.25) is 0 Å². The molecule has 0 amide bonds. The van der Waals surface area contributed by atoms with Crippen molar-refractivity contribution in [2.75, 3.05) is 53.9 Å². The molecule has 8 heteroatoms. The zero-order valence-electron chi connectivity index (χ0n) is 18.0. The Morgan fingerprint density at radius 3 is 2.19 bits per heavy atom. The van der Waals surface area contributed by atoms with E-state index in [-0.39, 0.29) is 6.01 Å². The molecule has 3 rings (SSSR count). The van der Waals surface area contributed by atoms with Crippen LogP contribution in [0.15, 0.2) is 48.5 Å². The summed E-state index contributed by atoms with van der Waals surface area (Å²) >= 11 is 0. The van der Waals surface area contributed by atoms with Gasteiger partial charge in [0.05, 0.1) is 57.4 Å². The van der Waals surface area contributed by atoms with Gasteiger partial charge in [-0.3, -0.25) is 0 Å². The van der Waals surface area contributed by atoms with E-state index in [9.17, 15) is 0 Å². The molecule has 0 radical (unpaired) electrons. The molecular formula is C23H29N3O5. The lowest BCUT2D eigenvalue weighted by Crippen LogP contribution is -2.17. The standard InChI is InChI=1S/C23H29N3O5/c1-27-11-12-29-13-14-30-15-16-31-23-25-20-6-4-3-5-19(20)22(26-23)21(24)17-7-9-18(28-2)10-8-17/h3-10,21H,11-16,24H2,1-2H3. The normalized spacial score (nSPS) is 12.1. The first kappa shape index (κ1) is 22.9. The number of nitrogens with two attached hydrogens (primary N) is 1. The van der Waals surface area contributed by atoms with Gasteiger partial charge in [-0.25, -0.2) is 0 Å². The van der Waals surface area contributed by atoms with Gasteiger partial charge in [-0.15, -0.1) is 0 Å². The monoisotopic (exact) mass is 427 g/mol. The fraction of sp³-hybridized carbons (Fsp3) is 0.391. The maximum Gasteiger partial charge on any atom is 0.317 e. The average Bonchev–Trinajstić information content (AvgIpc) is 2.82. The molecule has 0 fully saturated rings. The predicted molar refractivity (Wildman–Crippen MR) is 118 cm³/mol. The minimum absolute atomic E-state index is 0.276. The van der Waals surface area contributed by atoms with Crippen LogP contribution in [0.3, 0.4) is 0 Å². The summed E-state index contributed by atoms with van der Waals surface area (Å²) in [5, 5.41) is 0.891. The van der Waals surface area contributed by atoms with Crippen molar-refractivity contribution >= 4 is 10.9 Å². The van der Waals surface area contributed by atoms with Crippen molar-refractivity contribution < 1.29 is 23.7 Å². The van der Waals surface area contributed by atoms with Gasteiger partial charge in [-0.05, 0) is 23.8 Å². The Bertz CT molecular complexity index is 936. The molecule has 31 heavy (non-hydrogen) atoms. The molecular weight excluding hydrogens is 398 g/mol. The molecule has 0 spiro atoms. The van der Waals surface area contributed by atoms with Crippen molar-refractivity contribution in [3.63, 3.8) is 0 Å². The van der Waals surface area contributed by atoms with Gasteiger partial charge in [0.15, 0.2) is 0 Å². The highest BCUT2D eigenvalue weighted by atomic mass is 16.6. The maximum absolute atomic E-state index is 6.55. The zero-order valence-corrected chi connectivity index (χ0v) is 18.0. The van der Waals surface area contributed by atoms with Gasteiger partial charge >= 0.3 is 6.01 Å². The molecule has 166 valence electrons. The van der Waals surface area contributed by atoms with Gasteiger partial charge < -0.3 is 29.4 Å². The highest BCUT2D eigenvalue weighted by Crippen LogP contribution is 2.27.